The minimum absolute atomic E-state index is 0.0506. The van der Waals surface area contributed by atoms with Crippen molar-refractivity contribution < 1.29 is 14.3 Å². The lowest BCUT2D eigenvalue weighted by molar-refractivity contribution is -0.149. The van der Waals surface area contributed by atoms with Crippen molar-refractivity contribution >= 4 is 11.8 Å². The van der Waals surface area contributed by atoms with Gasteiger partial charge in [0, 0.05) is 6.04 Å². The Morgan fingerprint density at radius 3 is 2.56 bits per heavy atom. The molecule has 0 aromatic carbocycles. The van der Waals surface area contributed by atoms with Gasteiger partial charge in [-0.1, -0.05) is 33.9 Å². The van der Waals surface area contributed by atoms with Gasteiger partial charge in [-0.25, -0.2) is 0 Å². The number of carbonyl (C=O) groups excluding carboxylic acids is 2. The van der Waals surface area contributed by atoms with E-state index < -0.39 is 11.3 Å². The Bertz CT molecular complexity index is 452. The minimum atomic E-state index is -0.457. The molecule has 0 aromatic rings. The highest BCUT2D eigenvalue weighted by Gasteiger charge is 2.67. The van der Waals surface area contributed by atoms with Gasteiger partial charge in [-0.3, -0.25) is 14.5 Å². The number of fused-ring (bicyclic) bond motifs is 2. The van der Waals surface area contributed by atoms with E-state index in [0.29, 0.717) is 0 Å². The molecule has 1 heterocycles. The molecule has 2 rings (SSSR count). The van der Waals surface area contributed by atoms with E-state index in [0.717, 1.165) is 19.1 Å². The topological polar surface area (TPSA) is 46.6 Å². The summed E-state index contributed by atoms with van der Waals surface area (Å²) < 4.78 is 4.90. The SMILES string of the molecule is C=COC(=C)C(=O)N1C(=O)C2(C)CCC1C2(C)C. The molecule has 0 spiro atoms. The van der Waals surface area contributed by atoms with Crippen LogP contribution in [0.25, 0.3) is 0 Å². The largest absolute Gasteiger partial charge is 0.460 e. The van der Waals surface area contributed by atoms with Gasteiger partial charge < -0.3 is 4.74 Å². The summed E-state index contributed by atoms with van der Waals surface area (Å²) in [6.45, 7) is 13.0. The molecule has 1 saturated heterocycles. The third-order valence-corrected chi connectivity index (χ3v) is 4.86. The summed E-state index contributed by atoms with van der Waals surface area (Å²) in [6.07, 6.45) is 2.83. The molecule has 2 fully saturated rings. The molecule has 0 aromatic heterocycles. The van der Waals surface area contributed by atoms with Crippen LogP contribution < -0.4 is 0 Å². The van der Waals surface area contributed by atoms with Crippen LogP contribution in [0.2, 0.25) is 0 Å². The maximum absolute atomic E-state index is 12.4. The molecule has 2 bridgehead atoms. The van der Waals surface area contributed by atoms with Gasteiger partial charge in [-0.2, -0.15) is 0 Å². The summed E-state index contributed by atoms with van der Waals surface area (Å²) in [6, 6.07) is -0.0623. The fourth-order valence-corrected chi connectivity index (χ4v) is 3.24. The van der Waals surface area contributed by atoms with E-state index in [9.17, 15) is 9.59 Å². The van der Waals surface area contributed by atoms with Gasteiger partial charge >= 0.3 is 0 Å². The van der Waals surface area contributed by atoms with Crippen molar-refractivity contribution in [2.24, 2.45) is 10.8 Å². The van der Waals surface area contributed by atoms with Crippen LogP contribution >= 0.6 is 0 Å². The minimum Gasteiger partial charge on any atom is -0.460 e. The zero-order valence-electron chi connectivity index (χ0n) is 11.2. The predicted octanol–water partition coefficient (Wildman–Crippen LogP) is 2.22. The number of carbonyl (C=O) groups is 2. The average molecular weight is 249 g/mol. The van der Waals surface area contributed by atoms with Crippen molar-refractivity contribution in [3.63, 3.8) is 0 Å². The molecule has 0 N–H and O–H groups in total. The van der Waals surface area contributed by atoms with Crippen LogP contribution in [-0.2, 0) is 14.3 Å². The Labute approximate surface area is 107 Å². The van der Waals surface area contributed by atoms with E-state index in [4.69, 9.17) is 4.74 Å². The first kappa shape index (κ1) is 12.9. The first-order valence-corrected chi connectivity index (χ1v) is 6.12. The lowest BCUT2D eigenvalue weighted by Crippen LogP contribution is -2.44. The van der Waals surface area contributed by atoms with Crippen LogP contribution in [-0.4, -0.2) is 22.8 Å². The monoisotopic (exact) mass is 249 g/mol. The second-order valence-corrected chi connectivity index (χ2v) is 5.80. The summed E-state index contributed by atoms with van der Waals surface area (Å²) >= 11 is 0. The van der Waals surface area contributed by atoms with Gasteiger partial charge in [0.2, 0.25) is 5.91 Å². The number of hydrogen-bond donors (Lipinski definition) is 0. The van der Waals surface area contributed by atoms with Crippen LogP contribution in [0, 0.1) is 10.8 Å². The average Bonchev–Trinajstić information content (AvgIpc) is 2.60. The van der Waals surface area contributed by atoms with E-state index in [1.165, 1.54) is 4.90 Å². The van der Waals surface area contributed by atoms with Crippen LogP contribution in [0.1, 0.15) is 33.6 Å². The van der Waals surface area contributed by atoms with E-state index >= 15 is 0 Å². The molecule has 2 aliphatic rings. The van der Waals surface area contributed by atoms with Gasteiger partial charge in [0.1, 0.15) is 0 Å². The number of hydrogen-bond acceptors (Lipinski definition) is 3. The highest BCUT2D eigenvalue weighted by Crippen LogP contribution is 2.60. The number of piperidine rings is 1. The summed E-state index contributed by atoms with van der Waals surface area (Å²) in [5, 5.41) is 0. The predicted molar refractivity (Wildman–Crippen MR) is 67.2 cm³/mol. The van der Waals surface area contributed by atoms with Gasteiger partial charge in [0.15, 0.2) is 5.76 Å². The van der Waals surface area contributed by atoms with Crippen LogP contribution in [0.5, 0.6) is 0 Å². The van der Waals surface area contributed by atoms with Crippen molar-refractivity contribution in [1.82, 2.24) is 4.90 Å². The first-order chi connectivity index (χ1) is 8.27. The molecular weight excluding hydrogens is 230 g/mol. The van der Waals surface area contributed by atoms with Crippen molar-refractivity contribution in [2.75, 3.05) is 0 Å². The van der Waals surface area contributed by atoms with Crippen molar-refractivity contribution in [2.45, 2.75) is 39.7 Å². The van der Waals surface area contributed by atoms with Gasteiger partial charge in [-0.15, -0.1) is 0 Å². The van der Waals surface area contributed by atoms with Crippen LogP contribution in [0.3, 0.4) is 0 Å². The molecule has 2 unspecified atom stereocenters. The molecule has 1 aliphatic carbocycles. The molecular formula is C14H19NO3. The number of rotatable bonds is 3. The molecule has 1 aliphatic heterocycles. The highest BCUT2D eigenvalue weighted by atomic mass is 16.5. The van der Waals surface area contributed by atoms with E-state index in [1.54, 1.807) is 0 Å². The van der Waals surface area contributed by atoms with Crippen LogP contribution in [0.15, 0.2) is 25.2 Å². The smallest absolute Gasteiger partial charge is 0.295 e. The van der Waals surface area contributed by atoms with Crippen molar-refractivity contribution in [3.8, 4) is 0 Å². The molecule has 0 radical (unpaired) electrons. The molecule has 4 nitrogen and oxygen atoms in total. The third-order valence-electron chi connectivity index (χ3n) is 4.86. The Balaban J connectivity index is 2.33. The normalized spacial score (nSPS) is 32.5. The molecule has 2 amide bonds. The van der Waals surface area contributed by atoms with E-state index in [1.807, 2.05) is 20.8 Å². The third kappa shape index (κ3) is 1.32. The number of amides is 2. The summed E-state index contributed by atoms with van der Waals surface area (Å²) in [4.78, 5) is 26.0. The Morgan fingerprint density at radius 1 is 1.50 bits per heavy atom. The van der Waals surface area contributed by atoms with Gasteiger partial charge in [0.05, 0.1) is 11.7 Å². The maximum Gasteiger partial charge on any atom is 0.295 e. The zero-order valence-corrected chi connectivity index (χ0v) is 11.2. The summed E-state index contributed by atoms with van der Waals surface area (Å²) in [5.41, 5.74) is -0.657. The lowest BCUT2D eigenvalue weighted by Gasteiger charge is -2.29. The summed E-state index contributed by atoms with van der Waals surface area (Å²) in [5.74, 6) is -0.603. The van der Waals surface area contributed by atoms with Gasteiger partial charge in [-0.05, 0) is 18.3 Å². The fraction of sp³-hybridized carbons (Fsp3) is 0.571. The zero-order chi connectivity index (χ0) is 13.7. The fourth-order valence-electron chi connectivity index (χ4n) is 3.24. The molecule has 98 valence electrons. The first-order valence-electron chi connectivity index (χ1n) is 6.12. The molecule has 4 heteroatoms. The van der Waals surface area contributed by atoms with E-state index in [-0.39, 0.29) is 23.1 Å². The number of nitrogens with zero attached hydrogens (tertiary/aromatic N) is 1. The molecule has 18 heavy (non-hydrogen) atoms. The highest BCUT2D eigenvalue weighted by molar-refractivity contribution is 6.07. The standard InChI is InChI=1S/C14H19NO3/c1-6-18-9(2)11(16)15-10-7-8-14(5,12(15)17)13(10,3)4/h6,10H,1-2,7-8H2,3-5H3. The van der Waals surface area contributed by atoms with Crippen molar-refractivity contribution in [3.05, 3.63) is 25.2 Å². The molecule has 2 atom stereocenters. The number of likely N-dealkylation sites (tertiary alicyclic amines) is 1. The van der Waals surface area contributed by atoms with Gasteiger partial charge in [0.25, 0.3) is 5.91 Å². The maximum atomic E-state index is 12.4. The van der Waals surface area contributed by atoms with Crippen molar-refractivity contribution in [1.29, 1.82) is 0 Å². The second-order valence-electron chi connectivity index (χ2n) is 5.80. The quantitative estimate of drug-likeness (QED) is 0.569. The summed E-state index contributed by atoms with van der Waals surface area (Å²) in [7, 11) is 0. The second kappa shape index (κ2) is 3.70. The molecule has 1 saturated carbocycles. The Hall–Kier alpha value is -1.58. The number of imide groups is 1. The number of ether oxygens (including phenoxy) is 1. The Morgan fingerprint density at radius 2 is 2.11 bits per heavy atom. The Kier molecular flexibility index (Phi) is 2.65. The van der Waals surface area contributed by atoms with E-state index in [2.05, 4.69) is 13.2 Å². The lowest BCUT2D eigenvalue weighted by atomic mass is 9.70. The van der Waals surface area contributed by atoms with Crippen LogP contribution in [0.4, 0.5) is 0 Å².